The summed E-state index contributed by atoms with van der Waals surface area (Å²) in [5.41, 5.74) is 3.30. The van der Waals surface area contributed by atoms with Gasteiger partial charge in [-0.3, -0.25) is 4.98 Å². The van der Waals surface area contributed by atoms with Crippen molar-refractivity contribution in [2.75, 3.05) is 13.6 Å². The second kappa shape index (κ2) is 7.59. The maximum Gasteiger partial charge on any atom is 0.317 e. The predicted molar refractivity (Wildman–Crippen MR) is 89.5 cm³/mol. The SMILES string of the molecule is CCCN(C)C(=O)N[C@H](C)c1ccc(-c2cccnc2)cc1. The van der Waals surface area contributed by atoms with Crippen molar-refractivity contribution in [1.82, 2.24) is 15.2 Å². The highest BCUT2D eigenvalue weighted by atomic mass is 16.2. The minimum atomic E-state index is -0.0364. The van der Waals surface area contributed by atoms with Crippen LogP contribution >= 0.6 is 0 Å². The average Bonchev–Trinajstić information content (AvgIpc) is 2.56. The van der Waals surface area contributed by atoms with Crippen LogP contribution < -0.4 is 5.32 Å². The highest BCUT2D eigenvalue weighted by Gasteiger charge is 2.12. The first-order valence-corrected chi connectivity index (χ1v) is 7.63. The zero-order valence-corrected chi connectivity index (χ0v) is 13.4. The van der Waals surface area contributed by atoms with Crippen LogP contribution in [0.1, 0.15) is 31.9 Å². The molecule has 1 atom stereocenters. The summed E-state index contributed by atoms with van der Waals surface area (Å²) in [6.07, 6.45) is 4.57. The number of amides is 2. The smallest absolute Gasteiger partial charge is 0.317 e. The van der Waals surface area contributed by atoms with E-state index in [0.717, 1.165) is 29.7 Å². The maximum atomic E-state index is 12.0. The zero-order valence-electron chi connectivity index (χ0n) is 13.4. The van der Waals surface area contributed by atoms with Crippen molar-refractivity contribution in [3.05, 3.63) is 54.4 Å². The molecule has 4 nitrogen and oxygen atoms in total. The van der Waals surface area contributed by atoms with Crippen molar-refractivity contribution < 1.29 is 4.79 Å². The van der Waals surface area contributed by atoms with E-state index in [-0.39, 0.29) is 12.1 Å². The van der Waals surface area contributed by atoms with Crippen molar-refractivity contribution in [3.63, 3.8) is 0 Å². The molecule has 0 saturated carbocycles. The van der Waals surface area contributed by atoms with Crippen LogP contribution in [0.3, 0.4) is 0 Å². The van der Waals surface area contributed by atoms with E-state index in [1.807, 2.05) is 44.4 Å². The summed E-state index contributed by atoms with van der Waals surface area (Å²) in [6.45, 7) is 4.82. The van der Waals surface area contributed by atoms with Gasteiger partial charge in [-0.05, 0) is 36.1 Å². The molecule has 0 bridgehead atoms. The molecule has 2 aromatic rings. The van der Waals surface area contributed by atoms with E-state index in [1.54, 1.807) is 11.1 Å². The van der Waals surface area contributed by atoms with Crippen LogP contribution in [-0.4, -0.2) is 29.5 Å². The Morgan fingerprint density at radius 3 is 2.55 bits per heavy atom. The molecule has 0 aliphatic rings. The van der Waals surface area contributed by atoms with E-state index in [1.165, 1.54) is 0 Å². The number of nitrogens with one attached hydrogen (secondary N) is 1. The molecule has 2 amide bonds. The molecule has 0 unspecified atom stereocenters. The Morgan fingerprint density at radius 1 is 1.23 bits per heavy atom. The summed E-state index contributed by atoms with van der Waals surface area (Å²) in [4.78, 5) is 17.9. The van der Waals surface area contributed by atoms with Gasteiger partial charge >= 0.3 is 6.03 Å². The van der Waals surface area contributed by atoms with Gasteiger partial charge in [0.15, 0.2) is 0 Å². The van der Waals surface area contributed by atoms with Gasteiger partial charge in [0.25, 0.3) is 0 Å². The fourth-order valence-electron chi connectivity index (χ4n) is 2.31. The second-order valence-corrected chi connectivity index (χ2v) is 5.46. The van der Waals surface area contributed by atoms with E-state index in [2.05, 4.69) is 29.4 Å². The molecule has 116 valence electrons. The van der Waals surface area contributed by atoms with Crippen LogP contribution in [0.4, 0.5) is 4.79 Å². The molecule has 0 spiro atoms. The van der Waals surface area contributed by atoms with Crippen molar-refractivity contribution in [1.29, 1.82) is 0 Å². The van der Waals surface area contributed by atoms with E-state index in [9.17, 15) is 4.79 Å². The third-order valence-electron chi connectivity index (χ3n) is 3.65. The Bertz CT molecular complexity index is 595. The number of carbonyl (C=O) groups excluding carboxylic acids is 1. The summed E-state index contributed by atoms with van der Waals surface area (Å²) < 4.78 is 0. The fourth-order valence-corrected chi connectivity index (χ4v) is 2.31. The molecule has 4 heteroatoms. The molecule has 0 radical (unpaired) electrons. The van der Waals surface area contributed by atoms with Gasteiger partial charge < -0.3 is 10.2 Å². The minimum Gasteiger partial charge on any atom is -0.331 e. The lowest BCUT2D eigenvalue weighted by Crippen LogP contribution is -2.38. The number of aromatic nitrogens is 1. The number of hydrogen-bond donors (Lipinski definition) is 1. The number of benzene rings is 1. The molecule has 0 fully saturated rings. The Balaban J connectivity index is 2.02. The molecule has 22 heavy (non-hydrogen) atoms. The molecule has 1 aromatic carbocycles. The number of urea groups is 1. The Morgan fingerprint density at radius 2 is 1.95 bits per heavy atom. The third kappa shape index (κ3) is 4.07. The van der Waals surface area contributed by atoms with Crippen LogP contribution in [0.15, 0.2) is 48.8 Å². The molecule has 2 rings (SSSR count). The van der Waals surface area contributed by atoms with E-state index < -0.39 is 0 Å². The van der Waals surface area contributed by atoms with Crippen LogP contribution in [0, 0.1) is 0 Å². The Kier molecular flexibility index (Phi) is 5.53. The number of rotatable bonds is 5. The van der Waals surface area contributed by atoms with Gasteiger partial charge in [0.05, 0.1) is 6.04 Å². The van der Waals surface area contributed by atoms with Gasteiger partial charge in [-0.25, -0.2) is 4.79 Å². The quantitative estimate of drug-likeness (QED) is 0.910. The highest BCUT2D eigenvalue weighted by Crippen LogP contribution is 2.21. The first kappa shape index (κ1) is 16.0. The van der Waals surface area contributed by atoms with E-state index >= 15 is 0 Å². The van der Waals surface area contributed by atoms with Gasteiger partial charge in [-0.2, -0.15) is 0 Å². The lowest BCUT2D eigenvalue weighted by Gasteiger charge is -2.21. The number of hydrogen-bond acceptors (Lipinski definition) is 2. The molecular formula is C18H23N3O. The predicted octanol–water partition coefficient (Wildman–Crippen LogP) is 3.86. The second-order valence-electron chi connectivity index (χ2n) is 5.46. The third-order valence-corrected chi connectivity index (χ3v) is 3.65. The van der Waals surface area contributed by atoms with Gasteiger partial charge in [-0.15, -0.1) is 0 Å². The van der Waals surface area contributed by atoms with Crippen LogP contribution in [0.25, 0.3) is 11.1 Å². The first-order chi connectivity index (χ1) is 10.6. The van der Waals surface area contributed by atoms with Crippen molar-refractivity contribution in [2.45, 2.75) is 26.3 Å². The largest absolute Gasteiger partial charge is 0.331 e. The van der Waals surface area contributed by atoms with Gasteiger partial charge in [0.2, 0.25) is 0 Å². The molecular weight excluding hydrogens is 274 g/mol. The average molecular weight is 297 g/mol. The molecule has 0 aliphatic carbocycles. The number of carbonyl (C=O) groups is 1. The Hall–Kier alpha value is -2.36. The van der Waals surface area contributed by atoms with Crippen LogP contribution in [0.2, 0.25) is 0 Å². The van der Waals surface area contributed by atoms with Gasteiger partial charge in [0, 0.05) is 26.0 Å². The number of nitrogens with zero attached hydrogens (tertiary/aromatic N) is 2. The van der Waals surface area contributed by atoms with Gasteiger partial charge in [0.1, 0.15) is 0 Å². The van der Waals surface area contributed by atoms with Crippen LogP contribution in [-0.2, 0) is 0 Å². The highest BCUT2D eigenvalue weighted by molar-refractivity contribution is 5.74. The lowest BCUT2D eigenvalue weighted by molar-refractivity contribution is 0.205. The van der Waals surface area contributed by atoms with Crippen LogP contribution in [0.5, 0.6) is 0 Å². The summed E-state index contributed by atoms with van der Waals surface area (Å²) in [5.74, 6) is 0. The summed E-state index contributed by atoms with van der Waals surface area (Å²) in [6, 6.07) is 12.1. The normalized spacial score (nSPS) is 11.8. The topological polar surface area (TPSA) is 45.2 Å². The van der Waals surface area contributed by atoms with Crippen molar-refractivity contribution in [3.8, 4) is 11.1 Å². The molecule has 0 aliphatic heterocycles. The van der Waals surface area contributed by atoms with Crippen molar-refractivity contribution in [2.24, 2.45) is 0 Å². The lowest BCUT2D eigenvalue weighted by atomic mass is 10.0. The first-order valence-electron chi connectivity index (χ1n) is 7.63. The fraction of sp³-hybridized carbons (Fsp3) is 0.333. The molecule has 1 heterocycles. The standard InChI is InChI=1S/C18H23N3O/c1-4-12-21(3)18(22)20-14(2)15-7-9-16(10-8-15)17-6-5-11-19-13-17/h5-11,13-14H,4,12H2,1-3H3,(H,20,22)/t14-/m1/s1. The Labute approximate surface area is 132 Å². The van der Waals surface area contributed by atoms with E-state index in [0.29, 0.717) is 0 Å². The monoisotopic (exact) mass is 297 g/mol. The minimum absolute atomic E-state index is 0.0187. The molecule has 1 N–H and O–H groups in total. The summed E-state index contributed by atoms with van der Waals surface area (Å²) in [7, 11) is 1.82. The van der Waals surface area contributed by atoms with Crippen molar-refractivity contribution >= 4 is 6.03 Å². The maximum absolute atomic E-state index is 12.0. The molecule has 1 aromatic heterocycles. The number of pyridine rings is 1. The zero-order chi connectivity index (χ0) is 15.9. The summed E-state index contributed by atoms with van der Waals surface area (Å²) >= 11 is 0. The van der Waals surface area contributed by atoms with E-state index in [4.69, 9.17) is 0 Å². The van der Waals surface area contributed by atoms with Gasteiger partial charge in [-0.1, -0.05) is 37.3 Å². The summed E-state index contributed by atoms with van der Waals surface area (Å²) in [5, 5.41) is 3.01. The molecule has 0 saturated heterocycles.